The van der Waals surface area contributed by atoms with E-state index in [4.69, 9.17) is 21.1 Å². The van der Waals surface area contributed by atoms with Crippen LogP contribution in [0.1, 0.15) is 39.2 Å². The van der Waals surface area contributed by atoms with Crippen LogP contribution in [0.25, 0.3) is 5.70 Å². The van der Waals surface area contributed by atoms with Gasteiger partial charge < -0.3 is 14.8 Å². The fraction of sp³-hybridized carbons (Fsp3) is 0.115. The first-order valence-corrected chi connectivity index (χ1v) is 11.1. The lowest BCUT2D eigenvalue weighted by Crippen LogP contribution is -2.32. The number of nitrogens with zero attached hydrogens (tertiary/aromatic N) is 3. The van der Waals surface area contributed by atoms with Crippen LogP contribution in [0.2, 0.25) is 5.02 Å². The predicted octanol–water partition coefficient (Wildman–Crippen LogP) is 5.28. The van der Waals surface area contributed by atoms with Gasteiger partial charge in [0.25, 0.3) is 0 Å². The number of ether oxygens (including phenoxy) is 2. The Morgan fingerprint density at radius 2 is 1.88 bits per heavy atom. The molecular formula is C26H19ClN4O3. The molecule has 3 heterocycles. The number of fused-ring (bicyclic) bond motifs is 3. The molecule has 3 aromatic carbocycles. The second-order valence-electron chi connectivity index (χ2n) is 8.05. The van der Waals surface area contributed by atoms with Crippen LogP contribution in [0.5, 0.6) is 5.75 Å². The normalized spacial score (nSPS) is 18.2. The standard InChI is InChI=1S/C26H19ClN4O3/c1-33-25(32)16-11-9-15(10-12-16)24-21-22(19-7-2-3-8-20(19)34-24)30-26-28-14-29-31(26)23(21)17-5-4-6-18(27)13-17/h2-14,23-24H,1H3,(H,28,29,30)/t23-,24+/m0/s1. The van der Waals surface area contributed by atoms with Crippen molar-refractivity contribution < 1.29 is 14.3 Å². The Kier molecular flexibility index (Phi) is 4.85. The maximum atomic E-state index is 12.0. The molecule has 0 saturated heterocycles. The minimum absolute atomic E-state index is 0.300. The van der Waals surface area contributed by atoms with E-state index < -0.39 is 6.10 Å². The van der Waals surface area contributed by atoms with E-state index >= 15 is 0 Å². The number of esters is 1. The van der Waals surface area contributed by atoms with E-state index in [9.17, 15) is 4.79 Å². The monoisotopic (exact) mass is 470 g/mol. The molecule has 0 unspecified atom stereocenters. The van der Waals surface area contributed by atoms with Crippen LogP contribution >= 0.6 is 11.6 Å². The summed E-state index contributed by atoms with van der Waals surface area (Å²) in [5.41, 5.74) is 5.18. The Morgan fingerprint density at radius 1 is 1.06 bits per heavy atom. The maximum Gasteiger partial charge on any atom is 0.337 e. The zero-order valence-corrected chi connectivity index (χ0v) is 18.9. The molecule has 0 saturated carbocycles. The molecule has 0 amide bonds. The molecule has 1 aromatic heterocycles. The van der Waals surface area contributed by atoms with E-state index in [1.54, 1.807) is 12.1 Å². The summed E-state index contributed by atoms with van der Waals surface area (Å²) in [5, 5.41) is 8.62. The number of carbonyl (C=O) groups excluding carboxylic acids is 1. The summed E-state index contributed by atoms with van der Waals surface area (Å²) < 4.78 is 13.3. The fourth-order valence-corrected chi connectivity index (χ4v) is 4.80. The Labute approximate surface area is 200 Å². The van der Waals surface area contributed by atoms with Crippen molar-refractivity contribution in [2.24, 2.45) is 0 Å². The molecule has 8 heteroatoms. The summed E-state index contributed by atoms with van der Waals surface area (Å²) in [6, 6.07) is 22.6. The second-order valence-corrected chi connectivity index (χ2v) is 8.49. The third-order valence-corrected chi connectivity index (χ3v) is 6.36. The van der Waals surface area contributed by atoms with E-state index in [2.05, 4.69) is 15.4 Å². The van der Waals surface area contributed by atoms with E-state index in [0.717, 1.165) is 33.7 Å². The number of halogens is 1. The zero-order chi connectivity index (χ0) is 23.2. The number of rotatable bonds is 3. The van der Waals surface area contributed by atoms with Crippen molar-refractivity contribution in [2.45, 2.75) is 12.1 Å². The molecule has 1 N–H and O–H groups in total. The zero-order valence-electron chi connectivity index (χ0n) is 18.1. The highest BCUT2D eigenvalue weighted by atomic mass is 35.5. The van der Waals surface area contributed by atoms with Gasteiger partial charge in [-0.25, -0.2) is 9.48 Å². The molecule has 0 radical (unpaired) electrons. The van der Waals surface area contributed by atoms with Crippen molar-refractivity contribution in [1.29, 1.82) is 0 Å². The molecule has 0 bridgehead atoms. The van der Waals surface area contributed by atoms with Crippen molar-refractivity contribution in [1.82, 2.24) is 14.8 Å². The molecule has 168 valence electrons. The molecule has 7 nitrogen and oxygen atoms in total. The lowest BCUT2D eigenvalue weighted by Gasteiger charge is -2.39. The van der Waals surface area contributed by atoms with Gasteiger partial charge in [0.05, 0.1) is 18.4 Å². The lowest BCUT2D eigenvalue weighted by molar-refractivity contribution is 0.0600. The quantitative estimate of drug-likeness (QED) is 0.410. The van der Waals surface area contributed by atoms with Gasteiger partial charge in [-0.05, 0) is 47.5 Å². The molecule has 0 fully saturated rings. The average Bonchev–Trinajstić information content (AvgIpc) is 3.35. The second kappa shape index (κ2) is 8.04. The molecule has 6 rings (SSSR count). The number of methoxy groups -OCH3 is 1. The van der Waals surface area contributed by atoms with Crippen molar-refractivity contribution in [3.63, 3.8) is 0 Å². The van der Waals surface area contributed by atoms with E-state index in [0.29, 0.717) is 16.5 Å². The van der Waals surface area contributed by atoms with Gasteiger partial charge in [0.15, 0.2) is 0 Å². The topological polar surface area (TPSA) is 78.3 Å². The summed E-state index contributed by atoms with van der Waals surface area (Å²) >= 11 is 6.38. The largest absolute Gasteiger partial charge is 0.480 e. The number of carbonyl (C=O) groups is 1. The summed E-state index contributed by atoms with van der Waals surface area (Å²) in [5.74, 6) is 1.01. The third kappa shape index (κ3) is 3.24. The maximum absolute atomic E-state index is 12.0. The van der Waals surface area contributed by atoms with Crippen molar-refractivity contribution in [2.75, 3.05) is 12.4 Å². The first-order chi connectivity index (χ1) is 16.6. The summed E-state index contributed by atoms with van der Waals surface area (Å²) in [7, 11) is 1.37. The number of hydrogen-bond donors (Lipinski definition) is 1. The van der Waals surface area contributed by atoms with Crippen LogP contribution in [0.4, 0.5) is 5.95 Å². The van der Waals surface area contributed by atoms with Crippen molar-refractivity contribution in [3.8, 4) is 5.75 Å². The van der Waals surface area contributed by atoms with Gasteiger partial charge in [-0.3, -0.25) is 0 Å². The third-order valence-electron chi connectivity index (χ3n) is 6.12. The highest BCUT2D eigenvalue weighted by molar-refractivity contribution is 6.30. The van der Waals surface area contributed by atoms with Gasteiger partial charge in [0.1, 0.15) is 24.2 Å². The van der Waals surface area contributed by atoms with Crippen molar-refractivity contribution >= 4 is 29.2 Å². The van der Waals surface area contributed by atoms with Crippen LogP contribution in [-0.4, -0.2) is 27.8 Å². The first-order valence-electron chi connectivity index (χ1n) is 10.7. The lowest BCUT2D eigenvalue weighted by atomic mass is 9.84. The Hall–Kier alpha value is -4.10. The average molecular weight is 471 g/mol. The van der Waals surface area contributed by atoms with Crippen LogP contribution in [0.3, 0.4) is 0 Å². The fourth-order valence-electron chi connectivity index (χ4n) is 4.60. The van der Waals surface area contributed by atoms with Crippen LogP contribution in [0, 0.1) is 0 Å². The molecule has 0 aliphatic carbocycles. The molecule has 0 spiro atoms. The van der Waals surface area contributed by atoms with Crippen LogP contribution < -0.4 is 10.1 Å². The summed E-state index contributed by atoms with van der Waals surface area (Å²) in [6.07, 6.45) is 1.09. The van der Waals surface area contributed by atoms with Gasteiger partial charge >= 0.3 is 5.97 Å². The number of hydrogen-bond acceptors (Lipinski definition) is 6. The number of para-hydroxylation sites is 1. The van der Waals surface area contributed by atoms with Gasteiger partial charge in [-0.1, -0.05) is 48.0 Å². The Bertz CT molecular complexity index is 1440. The van der Waals surface area contributed by atoms with Gasteiger partial charge in [0, 0.05) is 16.2 Å². The van der Waals surface area contributed by atoms with Crippen molar-refractivity contribution in [3.05, 3.63) is 112 Å². The molecule has 34 heavy (non-hydrogen) atoms. The number of nitrogens with one attached hydrogen (secondary N) is 1. The molecule has 2 atom stereocenters. The van der Waals surface area contributed by atoms with Crippen LogP contribution in [0.15, 0.2) is 84.7 Å². The Morgan fingerprint density at radius 3 is 2.68 bits per heavy atom. The summed E-state index contributed by atoms with van der Waals surface area (Å²) in [6.45, 7) is 0. The van der Waals surface area contributed by atoms with E-state index in [1.165, 1.54) is 13.4 Å². The predicted molar refractivity (Wildman–Crippen MR) is 128 cm³/mol. The van der Waals surface area contributed by atoms with Crippen LogP contribution in [-0.2, 0) is 4.74 Å². The first kappa shape index (κ1) is 20.5. The number of anilines is 1. The number of aromatic nitrogens is 3. The van der Waals surface area contributed by atoms with Gasteiger partial charge in [-0.15, -0.1) is 0 Å². The van der Waals surface area contributed by atoms with E-state index in [1.807, 2.05) is 65.3 Å². The molecule has 4 aromatic rings. The minimum Gasteiger partial charge on any atom is -0.480 e. The highest BCUT2D eigenvalue weighted by Gasteiger charge is 2.40. The Balaban J connectivity index is 1.57. The SMILES string of the molecule is COC(=O)c1ccc([C@H]2Oc3ccccc3C3=C2[C@H](c2cccc(Cl)c2)n2ncnc2N3)cc1. The van der Waals surface area contributed by atoms with E-state index in [-0.39, 0.29) is 12.0 Å². The molecule has 2 aliphatic rings. The molecule has 2 aliphatic heterocycles. The van der Waals surface area contributed by atoms with Gasteiger partial charge in [-0.2, -0.15) is 10.1 Å². The minimum atomic E-state index is -0.439. The highest BCUT2D eigenvalue weighted by Crippen LogP contribution is 2.50. The van der Waals surface area contributed by atoms with Gasteiger partial charge in [0.2, 0.25) is 5.95 Å². The number of benzene rings is 3. The molecular weight excluding hydrogens is 452 g/mol. The smallest absolute Gasteiger partial charge is 0.337 e. The summed E-state index contributed by atoms with van der Waals surface area (Å²) in [4.78, 5) is 16.4.